The Morgan fingerprint density at radius 2 is 2.17 bits per heavy atom. The molecular weight excluding hydrogens is 406 g/mol. The van der Waals surface area contributed by atoms with E-state index in [1.807, 2.05) is 24.3 Å². The van der Waals surface area contributed by atoms with E-state index in [1.54, 1.807) is 18.4 Å². The van der Waals surface area contributed by atoms with Gasteiger partial charge in [0.05, 0.1) is 18.2 Å². The van der Waals surface area contributed by atoms with E-state index in [4.69, 9.17) is 4.74 Å². The Bertz CT molecular complexity index is 1090. The summed E-state index contributed by atoms with van der Waals surface area (Å²) in [6, 6.07) is 7.56. The van der Waals surface area contributed by atoms with E-state index in [0.717, 1.165) is 40.8 Å². The van der Waals surface area contributed by atoms with Crippen LogP contribution in [0.15, 0.2) is 34.2 Å². The first kappa shape index (κ1) is 20.0. The lowest BCUT2D eigenvalue weighted by Crippen LogP contribution is -2.24. The van der Waals surface area contributed by atoms with Crippen LogP contribution < -0.4 is 15.6 Å². The molecule has 0 aliphatic heterocycles. The van der Waals surface area contributed by atoms with E-state index in [9.17, 15) is 9.59 Å². The van der Waals surface area contributed by atoms with Crippen molar-refractivity contribution in [3.05, 3.63) is 50.6 Å². The van der Waals surface area contributed by atoms with E-state index in [1.165, 1.54) is 22.2 Å². The number of H-pyrrole nitrogens is 1. The highest BCUT2D eigenvalue weighted by atomic mass is 32.2. The van der Waals surface area contributed by atoms with Crippen LogP contribution >= 0.6 is 23.1 Å². The Labute approximate surface area is 177 Å². The number of methoxy groups -OCH3 is 1. The Kier molecular flexibility index (Phi) is 5.91. The van der Waals surface area contributed by atoms with Crippen LogP contribution in [0.25, 0.3) is 10.2 Å². The third kappa shape index (κ3) is 4.48. The molecule has 0 unspecified atom stereocenters. The molecule has 4 rings (SSSR count). The van der Waals surface area contributed by atoms with Gasteiger partial charge in [-0.1, -0.05) is 30.8 Å². The zero-order valence-corrected chi connectivity index (χ0v) is 18.0. The van der Waals surface area contributed by atoms with Gasteiger partial charge < -0.3 is 15.0 Å². The molecule has 0 radical (unpaired) electrons. The van der Waals surface area contributed by atoms with E-state index >= 15 is 0 Å². The van der Waals surface area contributed by atoms with Crippen molar-refractivity contribution in [2.75, 3.05) is 12.9 Å². The lowest BCUT2D eigenvalue weighted by atomic mass is 9.89. The van der Waals surface area contributed by atoms with Crippen molar-refractivity contribution in [1.29, 1.82) is 0 Å². The fourth-order valence-corrected chi connectivity index (χ4v) is 5.66. The van der Waals surface area contributed by atoms with E-state index < -0.39 is 0 Å². The predicted octanol–water partition coefficient (Wildman–Crippen LogP) is 3.53. The van der Waals surface area contributed by atoms with Gasteiger partial charge in [0.1, 0.15) is 10.6 Å². The number of carbonyl (C=O) groups is 1. The summed E-state index contributed by atoms with van der Waals surface area (Å²) >= 11 is 2.87. The highest BCUT2D eigenvalue weighted by Gasteiger charge is 2.23. The number of nitrogens with zero attached hydrogens (tertiary/aromatic N) is 1. The molecule has 152 valence electrons. The third-order valence-electron chi connectivity index (χ3n) is 5.13. The van der Waals surface area contributed by atoms with Crippen molar-refractivity contribution < 1.29 is 9.53 Å². The number of aromatic nitrogens is 2. The van der Waals surface area contributed by atoms with Crippen molar-refractivity contribution in [2.45, 2.75) is 37.9 Å². The SMILES string of the molecule is COc1ccc(CNC(=O)CSc2nc3sc4c(c3c(=O)[nH]2)CC[C@H](C)C4)cc1. The van der Waals surface area contributed by atoms with Gasteiger partial charge in [0.25, 0.3) is 5.56 Å². The number of benzene rings is 1. The second-order valence-corrected chi connectivity index (χ2v) is 9.36. The topological polar surface area (TPSA) is 84.1 Å². The molecule has 1 amide bonds. The smallest absolute Gasteiger partial charge is 0.260 e. The minimum atomic E-state index is -0.104. The van der Waals surface area contributed by atoms with Crippen LogP contribution in [-0.4, -0.2) is 28.7 Å². The number of rotatable bonds is 6. The molecule has 0 bridgehead atoms. The maximum atomic E-state index is 12.6. The first-order chi connectivity index (χ1) is 14.0. The Hall–Kier alpha value is -2.32. The second kappa shape index (κ2) is 8.59. The average Bonchev–Trinajstić information content (AvgIpc) is 3.08. The quantitative estimate of drug-likeness (QED) is 0.463. The Morgan fingerprint density at radius 1 is 1.38 bits per heavy atom. The summed E-state index contributed by atoms with van der Waals surface area (Å²) < 4.78 is 5.13. The molecule has 8 heteroatoms. The molecule has 0 saturated heterocycles. The predicted molar refractivity (Wildman–Crippen MR) is 117 cm³/mol. The summed E-state index contributed by atoms with van der Waals surface area (Å²) in [5.41, 5.74) is 2.07. The number of hydrogen-bond acceptors (Lipinski definition) is 6. The van der Waals surface area contributed by atoms with Crippen LogP contribution in [0, 0.1) is 5.92 Å². The van der Waals surface area contributed by atoms with Gasteiger partial charge in [-0.2, -0.15) is 0 Å². The molecule has 1 aliphatic rings. The largest absolute Gasteiger partial charge is 0.497 e. The summed E-state index contributed by atoms with van der Waals surface area (Å²) in [4.78, 5) is 34.3. The summed E-state index contributed by atoms with van der Waals surface area (Å²) in [5.74, 6) is 1.53. The molecule has 2 N–H and O–H groups in total. The van der Waals surface area contributed by atoms with Crippen molar-refractivity contribution in [3.8, 4) is 5.75 Å². The molecule has 0 saturated carbocycles. The number of fused-ring (bicyclic) bond motifs is 3. The van der Waals surface area contributed by atoms with Crippen LogP contribution in [0.2, 0.25) is 0 Å². The van der Waals surface area contributed by atoms with Crippen LogP contribution in [0.4, 0.5) is 0 Å². The van der Waals surface area contributed by atoms with Crippen LogP contribution in [-0.2, 0) is 24.2 Å². The summed E-state index contributed by atoms with van der Waals surface area (Å²) in [7, 11) is 1.62. The number of nitrogens with one attached hydrogen (secondary N) is 2. The molecular formula is C21H23N3O3S2. The summed E-state index contributed by atoms with van der Waals surface area (Å²) in [5, 5.41) is 4.12. The molecule has 1 aromatic carbocycles. The lowest BCUT2D eigenvalue weighted by molar-refractivity contribution is -0.118. The van der Waals surface area contributed by atoms with Gasteiger partial charge >= 0.3 is 0 Å². The fourth-order valence-electron chi connectivity index (χ4n) is 3.53. The summed E-state index contributed by atoms with van der Waals surface area (Å²) in [6.45, 7) is 2.69. The van der Waals surface area contributed by atoms with Crippen molar-refractivity contribution in [2.24, 2.45) is 5.92 Å². The van der Waals surface area contributed by atoms with Gasteiger partial charge in [-0.3, -0.25) is 9.59 Å². The van der Waals surface area contributed by atoms with Gasteiger partial charge in [0, 0.05) is 11.4 Å². The maximum Gasteiger partial charge on any atom is 0.260 e. The third-order valence-corrected chi connectivity index (χ3v) is 7.15. The summed E-state index contributed by atoms with van der Waals surface area (Å²) in [6.07, 6.45) is 3.08. The molecule has 2 heterocycles. The second-order valence-electron chi connectivity index (χ2n) is 7.32. The highest BCUT2D eigenvalue weighted by Crippen LogP contribution is 2.36. The first-order valence-electron chi connectivity index (χ1n) is 9.60. The average molecular weight is 430 g/mol. The van der Waals surface area contributed by atoms with Gasteiger partial charge in [-0.25, -0.2) is 4.98 Å². The minimum absolute atomic E-state index is 0.0943. The number of ether oxygens (including phenoxy) is 1. The molecule has 1 aliphatic carbocycles. The number of carbonyl (C=O) groups excluding carboxylic acids is 1. The molecule has 3 aromatic rings. The normalized spacial score (nSPS) is 15.9. The van der Waals surface area contributed by atoms with E-state index in [2.05, 4.69) is 22.2 Å². The minimum Gasteiger partial charge on any atom is -0.497 e. The van der Waals surface area contributed by atoms with Crippen molar-refractivity contribution >= 4 is 39.2 Å². The Morgan fingerprint density at radius 3 is 2.93 bits per heavy atom. The number of thioether (sulfide) groups is 1. The molecule has 29 heavy (non-hydrogen) atoms. The molecule has 2 aromatic heterocycles. The van der Waals surface area contributed by atoms with Crippen LogP contribution in [0.1, 0.15) is 29.3 Å². The van der Waals surface area contributed by atoms with Crippen LogP contribution in [0.5, 0.6) is 5.75 Å². The molecule has 0 spiro atoms. The van der Waals surface area contributed by atoms with Gasteiger partial charge in [0.15, 0.2) is 5.16 Å². The first-order valence-corrected chi connectivity index (χ1v) is 11.4. The van der Waals surface area contributed by atoms with E-state index in [0.29, 0.717) is 17.6 Å². The Balaban J connectivity index is 1.39. The highest BCUT2D eigenvalue weighted by molar-refractivity contribution is 7.99. The molecule has 0 fully saturated rings. The van der Waals surface area contributed by atoms with Gasteiger partial charge in [-0.15, -0.1) is 11.3 Å². The number of aryl methyl sites for hydroxylation is 1. The maximum absolute atomic E-state index is 12.6. The van der Waals surface area contributed by atoms with E-state index in [-0.39, 0.29) is 17.2 Å². The zero-order valence-electron chi connectivity index (χ0n) is 16.4. The number of amides is 1. The van der Waals surface area contributed by atoms with Gasteiger partial charge in [-0.05, 0) is 48.4 Å². The number of aromatic amines is 1. The number of hydrogen-bond donors (Lipinski definition) is 2. The lowest BCUT2D eigenvalue weighted by Gasteiger charge is -2.17. The molecule has 1 atom stereocenters. The number of thiophene rings is 1. The van der Waals surface area contributed by atoms with Crippen molar-refractivity contribution in [1.82, 2.24) is 15.3 Å². The van der Waals surface area contributed by atoms with Crippen molar-refractivity contribution in [3.63, 3.8) is 0 Å². The van der Waals surface area contributed by atoms with Gasteiger partial charge in [0.2, 0.25) is 5.91 Å². The van der Waals surface area contributed by atoms with Crippen LogP contribution in [0.3, 0.4) is 0 Å². The zero-order chi connectivity index (χ0) is 20.4. The standard InChI is InChI=1S/C21H23N3O3S2/c1-12-3-8-15-16(9-12)29-20-18(15)19(26)23-21(24-20)28-11-17(25)22-10-13-4-6-14(27-2)7-5-13/h4-7,12H,3,8-11H2,1-2H3,(H,22,25)(H,23,24,26)/t12-/m0/s1. The molecule has 6 nitrogen and oxygen atoms in total. The fraction of sp³-hybridized carbons (Fsp3) is 0.381. The monoisotopic (exact) mass is 429 g/mol.